The van der Waals surface area contributed by atoms with E-state index in [1.54, 1.807) is 13.2 Å². The number of hydrogen-bond acceptors (Lipinski definition) is 4. The normalized spacial score (nSPS) is 16.6. The molecule has 2 aromatic rings. The Morgan fingerprint density at radius 1 is 1.39 bits per heavy atom. The smallest absolute Gasteiger partial charge is 0.262 e. The van der Waals surface area contributed by atoms with Gasteiger partial charge in [-0.3, -0.25) is 4.79 Å². The van der Waals surface area contributed by atoms with Crippen LogP contribution in [0.3, 0.4) is 0 Å². The molecule has 1 atom stereocenters. The van der Waals surface area contributed by atoms with Crippen molar-refractivity contribution in [1.29, 1.82) is 5.26 Å². The number of amides is 1. The first kappa shape index (κ1) is 19.7. The molecule has 3 rings (SSSR count). The van der Waals surface area contributed by atoms with Gasteiger partial charge in [0.2, 0.25) is 0 Å². The number of carbonyl (C=O) groups is 1. The van der Waals surface area contributed by atoms with Crippen molar-refractivity contribution in [3.8, 4) is 17.5 Å². The average molecular weight is 379 g/mol. The number of nitrogens with zero attached hydrogens (tertiary/aromatic N) is 2. The van der Waals surface area contributed by atoms with Gasteiger partial charge in [-0.15, -0.1) is 0 Å². The number of aryl methyl sites for hydroxylation is 1. The minimum Gasteiger partial charge on any atom is -0.497 e. The van der Waals surface area contributed by atoms with Crippen molar-refractivity contribution >= 4 is 12.0 Å². The summed E-state index contributed by atoms with van der Waals surface area (Å²) in [6, 6.07) is 11.8. The number of hydrogen-bond donors (Lipinski definition) is 1. The fourth-order valence-corrected chi connectivity index (χ4v) is 3.47. The van der Waals surface area contributed by atoms with Crippen molar-refractivity contribution < 1.29 is 14.3 Å². The first-order chi connectivity index (χ1) is 13.5. The van der Waals surface area contributed by atoms with E-state index in [0.717, 1.165) is 47.8 Å². The fourth-order valence-electron chi connectivity index (χ4n) is 3.47. The van der Waals surface area contributed by atoms with E-state index < -0.39 is 0 Å². The summed E-state index contributed by atoms with van der Waals surface area (Å²) in [6.45, 7) is 5.14. The number of nitriles is 1. The van der Waals surface area contributed by atoms with Crippen LogP contribution < -0.4 is 10.1 Å². The second kappa shape index (κ2) is 8.77. The molecule has 0 spiro atoms. The Labute approximate surface area is 165 Å². The van der Waals surface area contributed by atoms with E-state index in [-0.39, 0.29) is 17.6 Å². The molecule has 146 valence electrons. The molecule has 0 saturated carbocycles. The van der Waals surface area contributed by atoms with Crippen molar-refractivity contribution in [2.75, 3.05) is 20.3 Å². The minimum absolute atomic E-state index is 0.0454. The molecule has 1 aliphatic heterocycles. The Kier molecular flexibility index (Phi) is 6.17. The minimum atomic E-state index is -0.368. The largest absolute Gasteiger partial charge is 0.497 e. The van der Waals surface area contributed by atoms with Crippen LogP contribution in [-0.2, 0) is 9.53 Å². The second-order valence-corrected chi connectivity index (χ2v) is 6.87. The maximum atomic E-state index is 12.4. The Morgan fingerprint density at radius 3 is 2.75 bits per heavy atom. The Balaban J connectivity index is 1.81. The monoisotopic (exact) mass is 379 g/mol. The molecule has 1 amide bonds. The predicted octanol–water partition coefficient (Wildman–Crippen LogP) is 3.30. The first-order valence-electron chi connectivity index (χ1n) is 9.38. The Bertz CT molecular complexity index is 914. The Morgan fingerprint density at radius 2 is 2.14 bits per heavy atom. The van der Waals surface area contributed by atoms with Gasteiger partial charge in [-0.05, 0) is 68.7 Å². The molecule has 6 heteroatoms. The highest BCUT2D eigenvalue weighted by Gasteiger charge is 2.18. The highest BCUT2D eigenvalue weighted by Crippen LogP contribution is 2.24. The molecule has 1 aliphatic rings. The topological polar surface area (TPSA) is 76.3 Å². The molecule has 6 nitrogen and oxygen atoms in total. The van der Waals surface area contributed by atoms with Crippen LogP contribution in [0, 0.1) is 25.2 Å². The van der Waals surface area contributed by atoms with Gasteiger partial charge in [0.05, 0.1) is 13.2 Å². The van der Waals surface area contributed by atoms with E-state index in [9.17, 15) is 10.1 Å². The van der Waals surface area contributed by atoms with Gasteiger partial charge in [0.25, 0.3) is 5.91 Å². The number of aromatic nitrogens is 1. The summed E-state index contributed by atoms with van der Waals surface area (Å²) >= 11 is 0. The van der Waals surface area contributed by atoms with Crippen LogP contribution in [0.4, 0.5) is 0 Å². The van der Waals surface area contributed by atoms with Crippen molar-refractivity contribution in [1.82, 2.24) is 9.88 Å². The van der Waals surface area contributed by atoms with Crippen LogP contribution in [-0.4, -0.2) is 36.8 Å². The number of rotatable bonds is 6. The average Bonchev–Trinajstić information content (AvgIpc) is 3.32. The van der Waals surface area contributed by atoms with Gasteiger partial charge in [0.15, 0.2) is 0 Å². The number of ether oxygens (including phenoxy) is 2. The van der Waals surface area contributed by atoms with Gasteiger partial charge in [0, 0.05) is 30.2 Å². The van der Waals surface area contributed by atoms with E-state index in [2.05, 4.69) is 9.88 Å². The lowest BCUT2D eigenvalue weighted by molar-refractivity contribution is -0.117. The van der Waals surface area contributed by atoms with E-state index in [4.69, 9.17) is 9.47 Å². The fraction of sp³-hybridized carbons (Fsp3) is 0.364. The van der Waals surface area contributed by atoms with Gasteiger partial charge in [0.1, 0.15) is 17.4 Å². The summed E-state index contributed by atoms with van der Waals surface area (Å²) in [7, 11) is 1.64. The Hall–Kier alpha value is -3.04. The molecule has 2 heterocycles. The molecular weight excluding hydrogens is 354 g/mol. The molecule has 1 saturated heterocycles. The van der Waals surface area contributed by atoms with Crippen LogP contribution in [0.5, 0.6) is 5.75 Å². The van der Waals surface area contributed by atoms with Crippen LogP contribution >= 0.6 is 0 Å². The maximum Gasteiger partial charge on any atom is 0.262 e. The quantitative estimate of drug-likeness (QED) is 0.617. The summed E-state index contributed by atoms with van der Waals surface area (Å²) in [5.41, 5.74) is 3.91. The molecule has 0 radical (unpaired) electrons. The van der Waals surface area contributed by atoms with Gasteiger partial charge in [-0.25, -0.2) is 0 Å². The van der Waals surface area contributed by atoms with E-state index in [1.807, 2.05) is 50.2 Å². The summed E-state index contributed by atoms with van der Waals surface area (Å²) in [4.78, 5) is 12.4. The van der Waals surface area contributed by atoms with Crippen molar-refractivity contribution in [2.45, 2.75) is 32.8 Å². The summed E-state index contributed by atoms with van der Waals surface area (Å²) in [5.74, 6) is 0.424. The van der Waals surface area contributed by atoms with Crippen molar-refractivity contribution in [2.24, 2.45) is 0 Å². The zero-order chi connectivity index (χ0) is 20.1. The van der Waals surface area contributed by atoms with Crippen molar-refractivity contribution in [3.63, 3.8) is 0 Å². The van der Waals surface area contributed by atoms with Crippen molar-refractivity contribution in [3.05, 3.63) is 52.9 Å². The highest BCUT2D eigenvalue weighted by molar-refractivity contribution is 6.01. The standard InChI is InChI=1S/C22H25N3O3/c1-15-11-17(16(2)25(15)19-6-8-20(27-3)9-7-19)12-18(13-23)22(26)24-14-21-5-4-10-28-21/h6-9,11-12,21H,4-5,10,14H2,1-3H3,(H,24,26)/b18-12+/t21-/m1/s1. The third-order valence-corrected chi connectivity index (χ3v) is 4.98. The molecular formula is C22H25N3O3. The third-order valence-electron chi connectivity index (χ3n) is 4.98. The number of nitrogens with one attached hydrogen (secondary N) is 1. The SMILES string of the molecule is COc1ccc(-n2c(C)cc(/C=C(\C#N)C(=O)NC[C@H]3CCCO3)c2C)cc1. The van der Waals surface area contributed by atoms with Gasteiger partial charge >= 0.3 is 0 Å². The zero-order valence-electron chi connectivity index (χ0n) is 16.5. The molecule has 1 N–H and O–H groups in total. The lowest BCUT2D eigenvalue weighted by Crippen LogP contribution is -2.32. The van der Waals surface area contributed by atoms with E-state index in [0.29, 0.717) is 6.54 Å². The second-order valence-electron chi connectivity index (χ2n) is 6.87. The lowest BCUT2D eigenvalue weighted by atomic mass is 10.1. The zero-order valence-corrected chi connectivity index (χ0v) is 16.5. The van der Waals surface area contributed by atoms with Crippen LogP contribution in [0.2, 0.25) is 0 Å². The van der Waals surface area contributed by atoms with Gasteiger partial charge in [-0.1, -0.05) is 0 Å². The van der Waals surface area contributed by atoms with Crippen LogP contribution in [0.1, 0.15) is 29.8 Å². The molecule has 0 unspecified atom stereocenters. The predicted molar refractivity (Wildman–Crippen MR) is 107 cm³/mol. The van der Waals surface area contributed by atoms with E-state index >= 15 is 0 Å². The van der Waals surface area contributed by atoms with Crippen LogP contribution in [0.15, 0.2) is 35.9 Å². The molecule has 0 bridgehead atoms. The van der Waals surface area contributed by atoms with Gasteiger partial charge < -0.3 is 19.4 Å². The highest BCUT2D eigenvalue weighted by atomic mass is 16.5. The lowest BCUT2D eigenvalue weighted by Gasteiger charge is -2.11. The van der Waals surface area contributed by atoms with Crippen LogP contribution in [0.25, 0.3) is 11.8 Å². The molecule has 1 aromatic heterocycles. The molecule has 1 fully saturated rings. The number of methoxy groups -OCH3 is 1. The van der Waals surface area contributed by atoms with Gasteiger partial charge in [-0.2, -0.15) is 5.26 Å². The molecule has 28 heavy (non-hydrogen) atoms. The molecule has 0 aliphatic carbocycles. The molecule has 1 aromatic carbocycles. The number of benzene rings is 1. The summed E-state index contributed by atoms with van der Waals surface area (Å²) in [6.07, 6.45) is 3.64. The maximum absolute atomic E-state index is 12.4. The van der Waals surface area contributed by atoms with E-state index in [1.165, 1.54) is 0 Å². The summed E-state index contributed by atoms with van der Waals surface area (Å²) in [5, 5.41) is 12.3. The number of carbonyl (C=O) groups excluding carboxylic acids is 1. The first-order valence-corrected chi connectivity index (χ1v) is 9.38. The third kappa shape index (κ3) is 4.26. The summed E-state index contributed by atoms with van der Waals surface area (Å²) < 4.78 is 12.8.